The summed E-state index contributed by atoms with van der Waals surface area (Å²) in [6.07, 6.45) is 1.86. The highest BCUT2D eigenvalue weighted by molar-refractivity contribution is 5.98. The Hall–Kier alpha value is -2.70. The Labute approximate surface area is 185 Å². The number of nitrogens with one attached hydrogen (secondary N) is 3. The van der Waals surface area contributed by atoms with Crippen molar-refractivity contribution in [3.05, 3.63) is 65.0 Å². The molecule has 166 valence electrons. The van der Waals surface area contributed by atoms with E-state index in [1.807, 2.05) is 58.0 Å². The molecule has 2 heterocycles. The summed E-state index contributed by atoms with van der Waals surface area (Å²) in [5, 5.41) is 3.08. The molecule has 6 nitrogen and oxygen atoms in total. The van der Waals surface area contributed by atoms with Gasteiger partial charge in [0, 0.05) is 29.2 Å². The lowest BCUT2D eigenvalue weighted by Crippen LogP contribution is -3.28. The summed E-state index contributed by atoms with van der Waals surface area (Å²) < 4.78 is 2.13. The number of anilines is 1. The smallest absolute Gasteiger partial charge is 0.279 e. The van der Waals surface area contributed by atoms with Crippen LogP contribution in [0.15, 0.2) is 36.9 Å². The maximum atomic E-state index is 12.9. The average molecular weight is 425 g/mol. The van der Waals surface area contributed by atoms with E-state index in [9.17, 15) is 9.59 Å². The number of benzene rings is 1. The van der Waals surface area contributed by atoms with Gasteiger partial charge in [0.05, 0.1) is 0 Å². The summed E-state index contributed by atoms with van der Waals surface area (Å²) in [7, 11) is 0. The van der Waals surface area contributed by atoms with Crippen LogP contribution < -0.4 is 15.1 Å². The highest BCUT2D eigenvalue weighted by Crippen LogP contribution is 2.19. The first-order valence-corrected chi connectivity index (χ1v) is 11.1. The molecule has 0 spiro atoms. The van der Waals surface area contributed by atoms with E-state index in [1.165, 1.54) is 9.80 Å². The number of aryl methyl sites for hydroxylation is 3. The van der Waals surface area contributed by atoms with Crippen LogP contribution in [0.3, 0.4) is 0 Å². The highest BCUT2D eigenvalue weighted by atomic mass is 16.2. The molecule has 1 fully saturated rings. The van der Waals surface area contributed by atoms with Gasteiger partial charge in [0.15, 0.2) is 6.54 Å². The normalized spacial score (nSPS) is 18.6. The number of allylic oxidation sites excluding steroid dienone is 1. The minimum atomic E-state index is 0.0570. The molecular formula is C25H36N4O2+2. The van der Waals surface area contributed by atoms with Crippen LogP contribution in [0, 0.1) is 27.7 Å². The van der Waals surface area contributed by atoms with Crippen LogP contribution in [0.4, 0.5) is 5.69 Å². The van der Waals surface area contributed by atoms with Gasteiger partial charge in [-0.15, -0.1) is 6.58 Å². The number of hydrogen-bond acceptors (Lipinski definition) is 2. The fraction of sp³-hybridized carbons (Fsp3) is 0.440. The Morgan fingerprint density at radius 3 is 2.19 bits per heavy atom. The van der Waals surface area contributed by atoms with Crippen molar-refractivity contribution in [2.24, 2.45) is 0 Å². The molecule has 3 rings (SSSR count). The first kappa shape index (κ1) is 23.0. The van der Waals surface area contributed by atoms with Crippen LogP contribution >= 0.6 is 0 Å². The molecular weight excluding hydrogens is 388 g/mol. The number of rotatable bonds is 8. The summed E-state index contributed by atoms with van der Waals surface area (Å²) in [4.78, 5) is 28.0. The van der Waals surface area contributed by atoms with Crippen molar-refractivity contribution in [1.29, 1.82) is 0 Å². The molecule has 31 heavy (non-hydrogen) atoms. The fourth-order valence-corrected chi connectivity index (χ4v) is 4.55. The Balaban J connectivity index is 1.50. The molecule has 1 aromatic carbocycles. The molecule has 3 N–H and O–H groups in total. The van der Waals surface area contributed by atoms with Crippen molar-refractivity contribution in [3.8, 4) is 0 Å². The van der Waals surface area contributed by atoms with Crippen molar-refractivity contribution in [1.82, 2.24) is 4.57 Å². The zero-order valence-corrected chi connectivity index (χ0v) is 19.3. The Morgan fingerprint density at radius 2 is 1.61 bits per heavy atom. The molecule has 1 aromatic heterocycles. The molecule has 0 aliphatic carbocycles. The summed E-state index contributed by atoms with van der Waals surface area (Å²) >= 11 is 0. The van der Waals surface area contributed by atoms with E-state index in [-0.39, 0.29) is 11.7 Å². The van der Waals surface area contributed by atoms with Crippen LogP contribution in [0.1, 0.15) is 32.9 Å². The molecule has 1 saturated heterocycles. The SMILES string of the molecule is C=CCn1c(C)cc(C(=O)C[NH+]2CC[NH+](CC(=O)Nc3c(C)cccc3C)CC2)c1C. The van der Waals surface area contributed by atoms with Crippen LogP contribution in [0.25, 0.3) is 0 Å². The van der Waals surface area contributed by atoms with Crippen molar-refractivity contribution in [2.75, 3.05) is 44.6 Å². The zero-order valence-electron chi connectivity index (χ0n) is 19.3. The molecule has 1 amide bonds. The number of nitrogens with zero attached hydrogens (tertiary/aromatic N) is 1. The van der Waals surface area contributed by atoms with E-state index in [0.717, 1.165) is 66.5 Å². The highest BCUT2D eigenvalue weighted by Gasteiger charge is 2.28. The van der Waals surface area contributed by atoms with Gasteiger partial charge in [0.25, 0.3) is 5.91 Å². The number of amides is 1. The van der Waals surface area contributed by atoms with Gasteiger partial charge in [-0.25, -0.2) is 0 Å². The maximum absolute atomic E-state index is 12.9. The second-order valence-electron chi connectivity index (χ2n) is 8.78. The molecule has 6 heteroatoms. The molecule has 1 aliphatic heterocycles. The van der Waals surface area contributed by atoms with Gasteiger partial charge in [-0.2, -0.15) is 0 Å². The van der Waals surface area contributed by atoms with Gasteiger partial charge in [-0.1, -0.05) is 24.3 Å². The maximum Gasteiger partial charge on any atom is 0.279 e. The van der Waals surface area contributed by atoms with Crippen molar-refractivity contribution >= 4 is 17.4 Å². The lowest BCUT2D eigenvalue weighted by molar-refractivity contribution is -1.00. The second kappa shape index (κ2) is 10.1. The molecule has 2 aromatic rings. The van der Waals surface area contributed by atoms with E-state index in [4.69, 9.17) is 0 Å². The van der Waals surface area contributed by atoms with Crippen molar-refractivity contribution in [2.45, 2.75) is 34.2 Å². The Kier molecular flexibility index (Phi) is 7.46. The first-order valence-electron chi connectivity index (χ1n) is 11.1. The summed E-state index contributed by atoms with van der Waals surface area (Å²) in [6, 6.07) is 8.04. The van der Waals surface area contributed by atoms with Crippen LogP contribution in [-0.2, 0) is 11.3 Å². The van der Waals surface area contributed by atoms with E-state index in [2.05, 4.69) is 16.5 Å². The van der Waals surface area contributed by atoms with Gasteiger partial charge in [-0.3, -0.25) is 9.59 Å². The van der Waals surface area contributed by atoms with Gasteiger partial charge < -0.3 is 19.7 Å². The lowest BCUT2D eigenvalue weighted by Gasteiger charge is -2.29. The Morgan fingerprint density at radius 1 is 1.03 bits per heavy atom. The first-order chi connectivity index (χ1) is 14.8. The van der Waals surface area contributed by atoms with Crippen LogP contribution in [0.2, 0.25) is 0 Å². The van der Waals surface area contributed by atoms with E-state index >= 15 is 0 Å². The summed E-state index contributed by atoms with van der Waals surface area (Å²) in [5.74, 6) is 0.260. The minimum Gasteiger partial charge on any atom is -0.345 e. The lowest BCUT2D eigenvalue weighted by atomic mass is 10.1. The van der Waals surface area contributed by atoms with E-state index in [1.54, 1.807) is 0 Å². The van der Waals surface area contributed by atoms with Crippen LogP contribution in [-0.4, -0.2) is 55.5 Å². The van der Waals surface area contributed by atoms with Crippen molar-refractivity contribution in [3.63, 3.8) is 0 Å². The number of hydrogen-bond donors (Lipinski definition) is 3. The molecule has 0 radical (unpaired) electrons. The van der Waals surface area contributed by atoms with Gasteiger partial charge in [0.1, 0.15) is 32.7 Å². The number of para-hydroxylation sites is 1. The third kappa shape index (κ3) is 5.51. The molecule has 1 aliphatic rings. The number of aromatic nitrogens is 1. The number of Topliss-reactive ketones (excluding diaryl/α,β-unsaturated/α-hetero) is 1. The predicted octanol–water partition coefficient (Wildman–Crippen LogP) is 0.513. The van der Waals surface area contributed by atoms with Gasteiger partial charge in [-0.05, 0) is 44.9 Å². The van der Waals surface area contributed by atoms with E-state index < -0.39 is 0 Å². The number of ketones is 1. The molecule has 0 saturated carbocycles. The van der Waals surface area contributed by atoms with Crippen molar-refractivity contribution < 1.29 is 19.4 Å². The van der Waals surface area contributed by atoms with E-state index in [0.29, 0.717) is 13.1 Å². The second-order valence-corrected chi connectivity index (χ2v) is 8.78. The standard InChI is InChI=1S/C25H34N4O2/c1-6-10-29-20(4)15-22(21(29)5)23(30)16-27-11-13-28(14-12-27)17-24(31)26-25-18(2)8-7-9-19(25)3/h6-9,15H,1,10-14,16-17H2,2-5H3,(H,26,31)/p+2. The number of carbonyl (C=O) groups excluding carboxylic acids is 2. The monoisotopic (exact) mass is 424 g/mol. The number of carbonyl (C=O) groups is 2. The Bertz CT molecular complexity index is 948. The molecule has 0 atom stereocenters. The summed E-state index contributed by atoms with van der Waals surface area (Å²) in [6.45, 7) is 17.2. The third-order valence-corrected chi connectivity index (χ3v) is 6.42. The third-order valence-electron chi connectivity index (χ3n) is 6.42. The summed E-state index contributed by atoms with van der Waals surface area (Å²) in [5.41, 5.74) is 6.05. The van der Waals surface area contributed by atoms with Gasteiger partial charge in [0.2, 0.25) is 5.78 Å². The molecule has 0 unspecified atom stereocenters. The quantitative estimate of drug-likeness (QED) is 0.427. The predicted molar refractivity (Wildman–Crippen MR) is 124 cm³/mol. The number of piperazine rings is 1. The average Bonchev–Trinajstić information content (AvgIpc) is 3.01. The van der Waals surface area contributed by atoms with Crippen LogP contribution in [0.5, 0.6) is 0 Å². The zero-order chi connectivity index (χ0) is 22.5. The topological polar surface area (TPSA) is 60.0 Å². The number of quaternary nitrogens is 2. The largest absolute Gasteiger partial charge is 0.345 e. The minimum absolute atomic E-state index is 0.0570. The van der Waals surface area contributed by atoms with Gasteiger partial charge >= 0.3 is 0 Å². The fourth-order valence-electron chi connectivity index (χ4n) is 4.55. The molecule has 0 bridgehead atoms.